The number of hydrogen-bond donors (Lipinski definition) is 4. The predicted octanol–water partition coefficient (Wildman–Crippen LogP) is -1.29. The molecular weight excluding hydrogens is 296 g/mol. The summed E-state index contributed by atoms with van der Waals surface area (Å²) in [5.41, 5.74) is 15.8. The van der Waals surface area contributed by atoms with Gasteiger partial charge in [0.1, 0.15) is 23.8 Å². The summed E-state index contributed by atoms with van der Waals surface area (Å²) in [5, 5.41) is 3.66. The van der Waals surface area contributed by atoms with Crippen LogP contribution in [0, 0.1) is 0 Å². The van der Waals surface area contributed by atoms with E-state index in [1.54, 1.807) is 0 Å². The maximum atomic E-state index is 12.3. The molecule has 0 saturated heterocycles. The lowest BCUT2D eigenvalue weighted by atomic mass is 10.3. The zero-order valence-electron chi connectivity index (χ0n) is 11.2. The van der Waals surface area contributed by atoms with Crippen molar-refractivity contribution in [2.24, 2.45) is 11.5 Å². The standard InChI is InChI=1S/C11H16N6O3S/c12-6(18)3-17(4-7(13)19)10(20)8-9(14)16-11(21-8)15-5-1-2-5/h5H,1-4,14H2,(H2,12,18)(H2,13,19)(H,15,16). The van der Waals surface area contributed by atoms with Crippen molar-refractivity contribution in [3.8, 4) is 0 Å². The van der Waals surface area contributed by atoms with E-state index in [1.807, 2.05) is 0 Å². The molecule has 1 heterocycles. The van der Waals surface area contributed by atoms with Crippen molar-refractivity contribution in [2.45, 2.75) is 18.9 Å². The van der Waals surface area contributed by atoms with Crippen LogP contribution in [-0.2, 0) is 9.59 Å². The van der Waals surface area contributed by atoms with Crippen LogP contribution in [0.2, 0.25) is 0 Å². The van der Waals surface area contributed by atoms with Gasteiger partial charge >= 0.3 is 0 Å². The van der Waals surface area contributed by atoms with Crippen LogP contribution in [0.4, 0.5) is 10.9 Å². The number of hydrogen-bond acceptors (Lipinski definition) is 7. The third-order valence-corrected chi connectivity index (χ3v) is 3.72. The van der Waals surface area contributed by atoms with Gasteiger partial charge in [0.05, 0.1) is 0 Å². The molecule has 3 amide bonds. The highest BCUT2D eigenvalue weighted by Gasteiger charge is 2.27. The van der Waals surface area contributed by atoms with Crippen LogP contribution in [0.25, 0.3) is 0 Å². The zero-order valence-corrected chi connectivity index (χ0v) is 12.0. The Morgan fingerprint density at radius 2 is 1.81 bits per heavy atom. The number of rotatable bonds is 7. The number of thiazole rings is 1. The van der Waals surface area contributed by atoms with Crippen LogP contribution in [0.15, 0.2) is 0 Å². The molecule has 21 heavy (non-hydrogen) atoms. The highest BCUT2D eigenvalue weighted by molar-refractivity contribution is 7.18. The van der Waals surface area contributed by atoms with Gasteiger partial charge in [-0.1, -0.05) is 11.3 Å². The van der Waals surface area contributed by atoms with E-state index in [-0.39, 0.29) is 10.7 Å². The number of nitrogens with zero attached hydrogens (tertiary/aromatic N) is 2. The van der Waals surface area contributed by atoms with Crippen molar-refractivity contribution < 1.29 is 14.4 Å². The lowest BCUT2D eigenvalue weighted by molar-refractivity contribution is -0.121. The molecule has 0 unspecified atom stereocenters. The number of nitrogens with two attached hydrogens (primary N) is 3. The smallest absolute Gasteiger partial charge is 0.268 e. The first-order chi connectivity index (χ1) is 9.86. The fourth-order valence-electron chi connectivity index (χ4n) is 1.67. The van der Waals surface area contributed by atoms with Gasteiger partial charge in [-0.15, -0.1) is 0 Å². The molecule has 0 aliphatic heterocycles. The Labute approximate surface area is 124 Å². The number of nitrogens with one attached hydrogen (secondary N) is 1. The van der Waals surface area contributed by atoms with Crippen LogP contribution in [0.3, 0.4) is 0 Å². The second-order valence-electron chi connectivity index (χ2n) is 4.75. The normalized spacial score (nSPS) is 13.7. The molecule has 0 atom stereocenters. The number of carbonyl (C=O) groups is 3. The third-order valence-electron chi connectivity index (χ3n) is 2.73. The lowest BCUT2D eigenvalue weighted by Gasteiger charge is -2.18. The Bertz CT molecular complexity index is 567. The summed E-state index contributed by atoms with van der Waals surface area (Å²) < 4.78 is 0. The minimum absolute atomic E-state index is 0.0482. The number of amides is 3. The second-order valence-corrected chi connectivity index (χ2v) is 5.74. The molecule has 2 rings (SSSR count). The molecule has 1 fully saturated rings. The van der Waals surface area contributed by atoms with Gasteiger partial charge in [-0.05, 0) is 12.8 Å². The van der Waals surface area contributed by atoms with E-state index in [9.17, 15) is 14.4 Å². The van der Waals surface area contributed by atoms with Crippen molar-refractivity contribution in [3.63, 3.8) is 0 Å². The Kier molecular flexibility index (Phi) is 4.26. The fraction of sp³-hybridized carbons (Fsp3) is 0.455. The van der Waals surface area contributed by atoms with Crippen LogP contribution < -0.4 is 22.5 Å². The topological polar surface area (TPSA) is 157 Å². The predicted molar refractivity (Wildman–Crippen MR) is 77.5 cm³/mol. The summed E-state index contributed by atoms with van der Waals surface area (Å²) >= 11 is 1.08. The molecule has 10 heteroatoms. The van der Waals surface area contributed by atoms with Crippen molar-refractivity contribution >= 4 is 40.0 Å². The summed E-state index contributed by atoms with van der Waals surface area (Å²) in [6, 6.07) is 0.367. The van der Waals surface area contributed by atoms with E-state index in [4.69, 9.17) is 17.2 Å². The minimum atomic E-state index is -0.746. The molecular formula is C11H16N6O3S. The number of aromatic nitrogens is 1. The first kappa shape index (κ1) is 15.0. The van der Waals surface area contributed by atoms with Gasteiger partial charge in [0, 0.05) is 6.04 Å². The molecule has 114 valence electrons. The van der Waals surface area contributed by atoms with Gasteiger partial charge in [-0.3, -0.25) is 14.4 Å². The van der Waals surface area contributed by atoms with Gasteiger partial charge in [0.2, 0.25) is 11.8 Å². The molecule has 1 aromatic heterocycles. The largest absolute Gasteiger partial charge is 0.382 e. The zero-order chi connectivity index (χ0) is 15.6. The SMILES string of the molecule is NC(=O)CN(CC(N)=O)C(=O)c1sc(NC2CC2)nc1N. The quantitative estimate of drug-likeness (QED) is 0.490. The van der Waals surface area contributed by atoms with E-state index in [1.165, 1.54) is 0 Å². The molecule has 1 aromatic rings. The molecule has 9 nitrogen and oxygen atoms in total. The van der Waals surface area contributed by atoms with E-state index in [0.717, 1.165) is 29.1 Å². The summed E-state index contributed by atoms with van der Waals surface area (Å²) in [5.74, 6) is -2.04. The Hall–Kier alpha value is -2.36. The van der Waals surface area contributed by atoms with Crippen molar-refractivity contribution in [1.82, 2.24) is 9.88 Å². The highest BCUT2D eigenvalue weighted by atomic mass is 32.1. The van der Waals surface area contributed by atoms with E-state index < -0.39 is 30.8 Å². The average Bonchev–Trinajstić information content (AvgIpc) is 3.09. The Morgan fingerprint density at radius 1 is 1.24 bits per heavy atom. The van der Waals surface area contributed by atoms with E-state index >= 15 is 0 Å². The lowest BCUT2D eigenvalue weighted by Crippen LogP contribution is -2.43. The summed E-state index contributed by atoms with van der Waals surface area (Å²) in [6.45, 7) is -0.824. The highest BCUT2D eigenvalue weighted by Crippen LogP contribution is 2.31. The molecule has 7 N–H and O–H groups in total. The molecule has 1 aliphatic rings. The Morgan fingerprint density at radius 3 is 2.29 bits per heavy atom. The Balaban J connectivity index is 2.16. The van der Waals surface area contributed by atoms with Crippen LogP contribution >= 0.6 is 11.3 Å². The van der Waals surface area contributed by atoms with Crippen LogP contribution in [0.5, 0.6) is 0 Å². The van der Waals surface area contributed by atoms with Crippen molar-refractivity contribution in [1.29, 1.82) is 0 Å². The molecule has 1 aliphatic carbocycles. The molecule has 0 aromatic carbocycles. The number of nitrogen functional groups attached to an aromatic ring is 1. The number of anilines is 2. The number of primary amides is 2. The van der Waals surface area contributed by atoms with Gasteiger partial charge in [0.15, 0.2) is 5.13 Å². The van der Waals surface area contributed by atoms with Crippen molar-refractivity contribution in [3.05, 3.63) is 4.88 Å². The first-order valence-electron chi connectivity index (χ1n) is 6.25. The summed E-state index contributed by atoms with van der Waals surface area (Å²) in [7, 11) is 0. The maximum absolute atomic E-state index is 12.3. The van der Waals surface area contributed by atoms with Gasteiger partial charge in [0.25, 0.3) is 5.91 Å². The van der Waals surface area contributed by atoms with E-state index in [0.29, 0.717) is 11.2 Å². The maximum Gasteiger partial charge on any atom is 0.268 e. The fourth-order valence-corrected chi connectivity index (χ4v) is 2.60. The van der Waals surface area contributed by atoms with E-state index in [2.05, 4.69) is 10.3 Å². The van der Waals surface area contributed by atoms with Crippen LogP contribution in [0.1, 0.15) is 22.5 Å². The molecule has 0 bridgehead atoms. The monoisotopic (exact) mass is 312 g/mol. The third kappa shape index (κ3) is 4.05. The summed E-state index contributed by atoms with van der Waals surface area (Å²) in [4.78, 5) is 39.5. The molecule has 0 spiro atoms. The average molecular weight is 312 g/mol. The number of carbonyl (C=O) groups excluding carboxylic acids is 3. The van der Waals surface area contributed by atoms with Gasteiger partial charge in [-0.25, -0.2) is 4.98 Å². The van der Waals surface area contributed by atoms with Crippen LogP contribution in [-0.4, -0.2) is 46.7 Å². The van der Waals surface area contributed by atoms with Gasteiger partial charge < -0.3 is 27.4 Å². The molecule has 1 saturated carbocycles. The van der Waals surface area contributed by atoms with Crippen molar-refractivity contribution in [2.75, 3.05) is 24.1 Å². The van der Waals surface area contributed by atoms with Gasteiger partial charge in [-0.2, -0.15) is 0 Å². The minimum Gasteiger partial charge on any atom is -0.382 e. The molecule has 0 radical (unpaired) electrons. The summed E-state index contributed by atoms with van der Waals surface area (Å²) in [6.07, 6.45) is 2.11. The first-order valence-corrected chi connectivity index (χ1v) is 7.07. The second kappa shape index (κ2) is 5.95.